The predicted octanol–water partition coefficient (Wildman–Crippen LogP) is 3.21. The third-order valence-corrected chi connectivity index (χ3v) is 12.2. The van der Waals surface area contributed by atoms with Crippen LogP contribution in [0.1, 0.15) is 97.5 Å². The van der Waals surface area contributed by atoms with Crippen LogP contribution in [-0.4, -0.2) is 103 Å². The first-order chi connectivity index (χ1) is 23.9. The van der Waals surface area contributed by atoms with Crippen LogP contribution in [0.25, 0.3) is 0 Å². The van der Waals surface area contributed by atoms with E-state index >= 15 is 0 Å². The number of carbonyl (C=O) groups is 4. The Labute approximate surface area is 303 Å². The van der Waals surface area contributed by atoms with Gasteiger partial charge in [-0.15, -0.1) is 0 Å². The number of ether oxygens (including phenoxy) is 1. The monoisotopic (exact) mass is 730 g/mol. The molecule has 0 radical (unpaired) electrons. The number of amides is 3. The number of likely N-dealkylation sites (tertiary alicyclic amines) is 2. The van der Waals surface area contributed by atoms with Gasteiger partial charge in [-0.25, -0.2) is 8.42 Å². The number of hydrogen-bond donors (Lipinski definition) is 2. The second-order valence-electron chi connectivity index (χ2n) is 15.8. The first-order valence-corrected chi connectivity index (χ1v) is 20.2. The largest absolute Gasteiger partial charge is 0.462 e. The minimum Gasteiger partial charge on any atom is -0.462 e. The fraction of sp³-hybridized carbons (Fsp3) is 0.703. The van der Waals surface area contributed by atoms with Crippen molar-refractivity contribution in [3.63, 3.8) is 0 Å². The van der Waals surface area contributed by atoms with Crippen LogP contribution in [0.3, 0.4) is 0 Å². The summed E-state index contributed by atoms with van der Waals surface area (Å²) in [6.07, 6.45) is 8.06. The summed E-state index contributed by atoms with van der Waals surface area (Å²) in [5, 5.41) is 0. The molecule has 0 spiro atoms. The standard InChI is InChI=1S/C37H58N6O7S/c1-26(50-34(47)37(4)18-10-7-11-19-37)24-36(2,3)33(46)40-35(39)41-21-16-28(17-22-41)25-43(51(5,48)49)30(23-27-13-8-6-9-14-27)32(45)42-20-12-15-29(42)31(38)44/h6,8-9,13-14,26,28-30H,7,10-12,15-25H2,1-5H3,(H2,38,44)(H2,39,40,46)/t26?,29-,30+/m0/s1. The summed E-state index contributed by atoms with van der Waals surface area (Å²) in [4.78, 5) is 60.0. The number of carbonyl (C=O) groups excluding carboxylic acids is 4. The Morgan fingerprint density at radius 2 is 1.63 bits per heavy atom. The number of aliphatic imine (C=N–C) groups is 1. The Hall–Kier alpha value is -3.52. The molecule has 1 aliphatic carbocycles. The Kier molecular flexibility index (Phi) is 13.3. The van der Waals surface area contributed by atoms with Crippen LogP contribution in [-0.2, 0) is 40.4 Å². The van der Waals surface area contributed by atoms with Crippen molar-refractivity contribution in [1.29, 1.82) is 0 Å². The first kappa shape index (κ1) is 40.3. The van der Waals surface area contributed by atoms with Crippen LogP contribution in [0, 0.1) is 16.7 Å². The van der Waals surface area contributed by atoms with E-state index in [1.807, 2.05) is 42.2 Å². The molecule has 3 fully saturated rings. The van der Waals surface area contributed by atoms with Gasteiger partial charge in [0.2, 0.25) is 21.8 Å². The summed E-state index contributed by atoms with van der Waals surface area (Å²) < 4.78 is 33.8. The fourth-order valence-electron chi connectivity index (χ4n) is 7.80. The summed E-state index contributed by atoms with van der Waals surface area (Å²) in [6.45, 7) is 8.65. The molecule has 1 aromatic rings. The van der Waals surface area contributed by atoms with Gasteiger partial charge in [0.05, 0.1) is 11.7 Å². The molecule has 3 aliphatic rings. The van der Waals surface area contributed by atoms with Crippen molar-refractivity contribution in [3.8, 4) is 0 Å². The van der Waals surface area contributed by atoms with Crippen molar-refractivity contribution in [2.45, 2.75) is 117 Å². The molecule has 284 valence electrons. The van der Waals surface area contributed by atoms with E-state index in [1.165, 1.54) is 9.21 Å². The summed E-state index contributed by atoms with van der Waals surface area (Å²) in [5.41, 5.74) is 11.4. The van der Waals surface area contributed by atoms with Gasteiger partial charge in [-0.2, -0.15) is 9.30 Å². The Balaban J connectivity index is 1.39. The Morgan fingerprint density at radius 3 is 2.22 bits per heavy atom. The normalized spacial score (nSPS) is 21.7. The average molecular weight is 731 g/mol. The van der Waals surface area contributed by atoms with Crippen molar-refractivity contribution in [3.05, 3.63) is 35.9 Å². The molecule has 2 heterocycles. The zero-order valence-corrected chi connectivity index (χ0v) is 31.8. The van der Waals surface area contributed by atoms with Crippen LogP contribution in [0.4, 0.5) is 0 Å². The maximum absolute atomic E-state index is 14.0. The first-order valence-electron chi connectivity index (χ1n) is 18.4. The van der Waals surface area contributed by atoms with Gasteiger partial charge in [0.15, 0.2) is 5.96 Å². The van der Waals surface area contributed by atoms with Crippen LogP contribution in [0.5, 0.6) is 0 Å². The van der Waals surface area contributed by atoms with E-state index in [0.29, 0.717) is 51.7 Å². The molecule has 2 aliphatic heterocycles. The molecule has 2 saturated heterocycles. The molecule has 14 heteroatoms. The molecule has 4 rings (SSSR count). The number of hydrogen-bond acceptors (Lipinski definition) is 7. The lowest BCUT2D eigenvalue weighted by atomic mass is 9.76. The Bertz CT molecular complexity index is 1540. The topological polar surface area (TPSA) is 186 Å². The molecule has 1 unspecified atom stereocenters. The Morgan fingerprint density at radius 1 is 1.00 bits per heavy atom. The van der Waals surface area contributed by atoms with Gasteiger partial charge < -0.3 is 26.0 Å². The number of benzene rings is 1. The van der Waals surface area contributed by atoms with E-state index in [9.17, 15) is 27.6 Å². The zero-order chi connectivity index (χ0) is 37.6. The maximum Gasteiger partial charge on any atom is 0.312 e. The quantitative estimate of drug-likeness (QED) is 0.175. The van der Waals surface area contributed by atoms with E-state index in [4.69, 9.17) is 16.2 Å². The third kappa shape index (κ3) is 10.5. The number of nitrogens with zero attached hydrogens (tertiary/aromatic N) is 4. The molecule has 0 aromatic heterocycles. The van der Waals surface area contributed by atoms with Crippen LogP contribution >= 0.6 is 0 Å². The van der Waals surface area contributed by atoms with E-state index in [-0.39, 0.29) is 30.8 Å². The van der Waals surface area contributed by atoms with Crippen LogP contribution in [0.2, 0.25) is 0 Å². The van der Waals surface area contributed by atoms with Gasteiger partial charge in [0.25, 0.3) is 5.91 Å². The van der Waals surface area contributed by atoms with Crippen molar-refractivity contribution >= 4 is 39.7 Å². The van der Waals surface area contributed by atoms with Crippen LogP contribution < -0.4 is 11.5 Å². The van der Waals surface area contributed by atoms with Crippen molar-refractivity contribution in [2.24, 2.45) is 33.2 Å². The maximum atomic E-state index is 14.0. The number of sulfonamides is 1. The fourth-order valence-corrected chi connectivity index (χ4v) is 8.90. The van der Waals surface area contributed by atoms with E-state index < -0.39 is 56.8 Å². The van der Waals surface area contributed by atoms with Crippen molar-refractivity contribution in [2.75, 3.05) is 32.4 Å². The summed E-state index contributed by atoms with van der Waals surface area (Å²) in [5.74, 6) is -1.63. The van der Waals surface area contributed by atoms with Gasteiger partial charge in [-0.05, 0) is 76.7 Å². The number of esters is 1. The molecule has 1 saturated carbocycles. The molecule has 51 heavy (non-hydrogen) atoms. The second-order valence-corrected chi connectivity index (χ2v) is 17.7. The molecule has 3 atom stereocenters. The summed E-state index contributed by atoms with van der Waals surface area (Å²) in [6, 6.07) is 7.42. The second kappa shape index (κ2) is 16.9. The molecular weight excluding hydrogens is 673 g/mol. The van der Waals surface area contributed by atoms with Gasteiger partial charge in [-0.3, -0.25) is 19.2 Å². The number of nitrogens with two attached hydrogens (primary N) is 2. The highest BCUT2D eigenvalue weighted by atomic mass is 32.2. The summed E-state index contributed by atoms with van der Waals surface area (Å²) >= 11 is 0. The minimum absolute atomic E-state index is 0.0888. The SMILES string of the molecule is CC(CC(C)(C)C(=O)N=C(N)N1CCC(CN([C@H](Cc2ccccc2)C(=O)N2CCC[C@H]2C(N)=O)S(C)(=O)=O)CC1)OC(=O)C1(C)CCCCC1. The summed E-state index contributed by atoms with van der Waals surface area (Å²) in [7, 11) is -3.85. The lowest BCUT2D eigenvalue weighted by molar-refractivity contribution is -0.163. The predicted molar refractivity (Wildman–Crippen MR) is 195 cm³/mol. The van der Waals surface area contributed by atoms with Gasteiger partial charge >= 0.3 is 5.97 Å². The average Bonchev–Trinajstić information content (AvgIpc) is 3.57. The van der Waals surface area contributed by atoms with Crippen LogP contribution in [0.15, 0.2) is 35.3 Å². The number of primary amides is 1. The van der Waals surface area contributed by atoms with E-state index in [2.05, 4.69) is 4.99 Å². The molecule has 3 amide bonds. The van der Waals surface area contributed by atoms with Crippen molar-refractivity contribution in [1.82, 2.24) is 14.1 Å². The highest BCUT2D eigenvalue weighted by molar-refractivity contribution is 7.88. The highest BCUT2D eigenvalue weighted by Gasteiger charge is 2.42. The minimum atomic E-state index is -3.85. The number of rotatable bonds is 13. The molecule has 13 nitrogen and oxygen atoms in total. The zero-order valence-electron chi connectivity index (χ0n) is 31.0. The van der Waals surface area contributed by atoms with Crippen molar-refractivity contribution < 1.29 is 32.3 Å². The smallest absolute Gasteiger partial charge is 0.312 e. The van der Waals surface area contributed by atoms with Gasteiger partial charge in [0.1, 0.15) is 18.2 Å². The molecule has 0 bridgehead atoms. The number of piperidine rings is 1. The molecular formula is C37H58N6O7S. The van der Waals surface area contributed by atoms with Gasteiger partial charge in [0, 0.05) is 31.6 Å². The third-order valence-electron chi connectivity index (χ3n) is 10.9. The van der Waals surface area contributed by atoms with Gasteiger partial charge in [-0.1, -0.05) is 63.4 Å². The lowest BCUT2D eigenvalue weighted by Gasteiger charge is -2.38. The number of guanidine groups is 1. The highest BCUT2D eigenvalue weighted by Crippen LogP contribution is 2.38. The molecule has 4 N–H and O–H groups in total. The lowest BCUT2D eigenvalue weighted by Crippen LogP contribution is -2.56. The van der Waals surface area contributed by atoms with E-state index in [1.54, 1.807) is 20.8 Å². The van der Waals surface area contributed by atoms with E-state index in [0.717, 1.165) is 43.9 Å². The molecule has 1 aromatic carbocycles.